The quantitative estimate of drug-likeness (QED) is 0.312. The topological polar surface area (TPSA) is 107 Å². The molecule has 0 fully saturated rings. The van der Waals surface area contributed by atoms with Crippen molar-refractivity contribution in [3.05, 3.63) is 0 Å². The van der Waals surface area contributed by atoms with E-state index in [-0.39, 0.29) is 18.9 Å². The Balaban J connectivity index is 0. The van der Waals surface area contributed by atoms with Crippen molar-refractivity contribution in [1.82, 2.24) is 0 Å². The zero-order chi connectivity index (χ0) is 6.78. The summed E-state index contributed by atoms with van der Waals surface area (Å²) in [7, 11) is -8.56. The zero-order valence-electron chi connectivity index (χ0n) is 4.47. The van der Waals surface area contributed by atoms with E-state index in [1.54, 1.807) is 0 Å². The summed E-state index contributed by atoms with van der Waals surface area (Å²) in [4.78, 5) is 24.8. The molecular weight excluding hydrogens is 162 g/mol. The third-order valence-electron chi connectivity index (χ3n) is 0.193. The van der Waals surface area contributed by atoms with Crippen molar-refractivity contribution in [3.63, 3.8) is 0 Å². The first-order valence-electron chi connectivity index (χ1n) is 1.38. The van der Waals surface area contributed by atoms with Gasteiger partial charge in [-0.3, -0.25) is 0 Å². The molecule has 0 aromatic rings. The number of phosphoric acid groups is 1. The number of rotatable bonds is 2. The predicted octanol–water partition coefficient (Wildman–Crippen LogP) is -5.12. The van der Waals surface area contributed by atoms with Crippen LogP contribution in [0.3, 0.4) is 0 Å². The molecule has 0 unspecified atom stereocenters. The summed E-state index contributed by atoms with van der Waals surface area (Å²) in [5, 5.41) is 0. The molecule has 9 heteroatoms. The van der Waals surface area contributed by atoms with E-state index in [0.717, 1.165) is 0 Å². The molecule has 0 saturated heterocycles. The van der Waals surface area contributed by atoms with Crippen molar-refractivity contribution in [3.8, 4) is 0 Å². The second-order valence-electron chi connectivity index (χ2n) is 0.832. The monoisotopic (exact) mass is 164 g/mol. The maximum Gasteiger partial charge on any atom is 1.00 e. The maximum atomic E-state index is 9.54. The van der Waals surface area contributed by atoms with Crippen LogP contribution in [-0.4, -0.2) is 19.0 Å². The summed E-state index contributed by atoms with van der Waals surface area (Å²) in [5.41, 5.74) is 0. The van der Waals surface area contributed by atoms with Crippen molar-refractivity contribution in [1.29, 1.82) is 0 Å². The molecule has 0 aliphatic rings. The molecule has 0 atom stereocenters. The molecule has 0 radical (unpaired) electrons. The van der Waals surface area contributed by atoms with Gasteiger partial charge in [-0.25, -0.2) is 4.57 Å². The van der Waals surface area contributed by atoms with E-state index in [1.807, 2.05) is 0 Å². The standard InChI is InChI=1S/Li.H2O6PSi/c;1-7(2,3)6-8(4)5/h;(H2,1,2,3)/q+1;-1. The number of hydrogen-bond acceptors (Lipinski definition) is 4. The minimum Gasteiger partial charge on any atom is -0.499 e. The van der Waals surface area contributed by atoms with Gasteiger partial charge in [0.1, 0.15) is 0 Å². The van der Waals surface area contributed by atoms with E-state index in [1.165, 1.54) is 0 Å². The molecule has 0 bridgehead atoms. The van der Waals surface area contributed by atoms with Gasteiger partial charge in [-0.15, -0.1) is 0 Å². The van der Waals surface area contributed by atoms with Crippen LogP contribution in [0.15, 0.2) is 0 Å². The molecule has 0 aliphatic carbocycles. The van der Waals surface area contributed by atoms with Gasteiger partial charge in [0.05, 0.1) is 0 Å². The Morgan fingerprint density at radius 1 is 1.56 bits per heavy atom. The SMILES string of the molecule is O=[Si]([O-])OP(=O)(O)O.[Li+]. The fraction of sp³-hybridized carbons (Fsp3) is 0. The van der Waals surface area contributed by atoms with Gasteiger partial charge in [0.15, 0.2) is 0 Å². The first-order valence-corrected chi connectivity index (χ1v) is 4.13. The molecule has 6 nitrogen and oxygen atoms in total. The second-order valence-corrected chi connectivity index (χ2v) is 3.04. The van der Waals surface area contributed by atoms with E-state index < -0.39 is 17.0 Å². The van der Waals surface area contributed by atoms with Crippen LogP contribution in [0.25, 0.3) is 0 Å². The van der Waals surface area contributed by atoms with Crippen LogP contribution in [-0.2, 0) is 13.2 Å². The summed E-state index contributed by atoms with van der Waals surface area (Å²) in [6.45, 7) is 0. The molecule has 0 saturated carbocycles. The van der Waals surface area contributed by atoms with Crippen LogP contribution in [0.5, 0.6) is 0 Å². The zero-order valence-corrected chi connectivity index (χ0v) is 6.37. The molecule has 0 spiro atoms. The smallest absolute Gasteiger partial charge is 0.499 e. The summed E-state index contributed by atoms with van der Waals surface area (Å²) in [6, 6.07) is 0. The van der Waals surface area contributed by atoms with Gasteiger partial charge in [0.2, 0.25) is 0 Å². The summed E-state index contributed by atoms with van der Waals surface area (Å²) in [6.07, 6.45) is 0. The summed E-state index contributed by atoms with van der Waals surface area (Å²) in [5.74, 6) is 0. The molecular formula is H2LiO6PSi. The Morgan fingerprint density at radius 2 is 1.89 bits per heavy atom. The van der Waals surface area contributed by atoms with Gasteiger partial charge < -0.3 is 23.3 Å². The fourth-order valence-corrected chi connectivity index (χ4v) is 0.874. The predicted molar refractivity (Wildman–Crippen MR) is 19.6 cm³/mol. The van der Waals surface area contributed by atoms with Crippen LogP contribution in [0.2, 0.25) is 0 Å². The van der Waals surface area contributed by atoms with Crippen LogP contribution in [0.4, 0.5) is 0 Å². The number of hydrogen-bond donors (Lipinski definition) is 2. The Labute approximate surface area is 64.2 Å². The summed E-state index contributed by atoms with van der Waals surface area (Å²) < 4.78 is 22.0. The summed E-state index contributed by atoms with van der Waals surface area (Å²) >= 11 is 0. The third-order valence-corrected chi connectivity index (χ3v) is 1.74. The molecule has 9 heavy (non-hydrogen) atoms. The first kappa shape index (κ1) is 12.1. The van der Waals surface area contributed by atoms with Gasteiger partial charge >= 0.3 is 35.9 Å². The molecule has 0 rings (SSSR count). The third kappa shape index (κ3) is 11.8. The maximum absolute atomic E-state index is 9.54. The van der Waals surface area contributed by atoms with Gasteiger partial charge in [0, 0.05) is 0 Å². The first-order chi connectivity index (χ1) is 3.42. The average molecular weight is 164 g/mol. The molecule has 0 amide bonds. The molecule has 0 heterocycles. The second kappa shape index (κ2) is 4.22. The van der Waals surface area contributed by atoms with E-state index >= 15 is 0 Å². The fourth-order valence-electron chi connectivity index (χ4n) is 0.0971. The van der Waals surface area contributed by atoms with Crippen LogP contribution < -0.4 is 23.7 Å². The van der Waals surface area contributed by atoms with Crippen LogP contribution >= 0.6 is 7.82 Å². The van der Waals surface area contributed by atoms with Crippen LogP contribution in [0, 0.1) is 0 Å². The van der Waals surface area contributed by atoms with Crippen molar-refractivity contribution < 1.29 is 46.7 Å². The molecule has 48 valence electrons. The Bertz CT molecular complexity index is 136. The molecule has 2 N–H and O–H groups in total. The van der Waals surface area contributed by atoms with Gasteiger partial charge in [-0.05, 0) is 0 Å². The van der Waals surface area contributed by atoms with E-state index in [4.69, 9.17) is 9.79 Å². The minimum atomic E-state index is -4.80. The van der Waals surface area contributed by atoms with Crippen LogP contribution in [0.1, 0.15) is 0 Å². The Hall–Kier alpha value is 0.364. The molecule has 0 aromatic heterocycles. The Morgan fingerprint density at radius 3 is 1.89 bits per heavy atom. The molecule has 0 aliphatic heterocycles. The van der Waals surface area contributed by atoms with Gasteiger partial charge in [0.25, 0.3) is 0 Å². The van der Waals surface area contributed by atoms with Crippen molar-refractivity contribution >= 4 is 17.0 Å². The Kier molecular flexibility index (Phi) is 5.67. The molecule has 0 aromatic carbocycles. The van der Waals surface area contributed by atoms with E-state index in [2.05, 4.69) is 4.21 Å². The minimum absolute atomic E-state index is 0. The largest absolute Gasteiger partial charge is 1.00 e. The van der Waals surface area contributed by atoms with E-state index in [9.17, 15) is 13.8 Å². The van der Waals surface area contributed by atoms with Gasteiger partial charge in [-0.2, -0.15) is 0 Å². The van der Waals surface area contributed by atoms with Crippen molar-refractivity contribution in [2.24, 2.45) is 0 Å². The van der Waals surface area contributed by atoms with Crippen molar-refractivity contribution in [2.75, 3.05) is 0 Å². The van der Waals surface area contributed by atoms with Crippen molar-refractivity contribution in [2.45, 2.75) is 0 Å². The van der Waals surface area contributed by atoms with Gasteiger partial charge in [-0.1, -0.05) is 0 Å². The van der Waals surface area contributed by atoms with E-state index in [0.29, 0.717) is 0 Å². The average Bonchev–Trinajstić information content (AvgIpc) is 1.21. The normalized spacial score (nSPS) is 9.56.